The van der Waals surface area contributed by atoms with Gasteiger partial charge in [-0.15, -0.1) is 0 Å². The third kappa shape index (κ3) is 9.11. The molecule has 4 N–H and O–H groups in total. The molecule has 0 saturated carbocycles. The molecule has 0 fully saturated rings. The summed E-state index contributed by atoms with van der Waals surface area (Å²) in [5, 5.41) is 5.37. The van der Waals surface area contributed by atoms with Gasteiger partial charge in [-0.2, -0.15) is 0 Å². The minimum atomic E-state index is -1.29. The van der Waals surface area contributed by atoms with E-state index >= 15 is 0 Å². The molecule has 33 heavy (non-hydrogen) atoms. The first kappa shape index (κ1) is 27.9. The van der Waals surface area contributed by atoms with Gasteiger partial charge in [-0.05, 0) is 66.5 Å². The molecule has 9 heteroatoms. The molecule has 1 rings (SSSR count). The first-order valence-corrected chi connectivity index (χ1v) is 11.0. The lowest BCUT2D eigenvalue weighted by Crippen LogP contribution is -2.55. The SMILES string of the molecule is CCN(C(=O)C(CC(N)=O)NC(=O)OC(C)(C)C)C(C(=O)NC(C)(C)C)c1ccccc1C. The Hall–Kier alpha value is -3.10. The lowest BCUT2D eigenvalue weighted by molar-refractivity contribution is -0.143. The van der Waals surface area contributed by atoms with E-state index in [1.807, 2.05) is 39.8 Å². The normalized spacial score (nSPS) is 13.5. The largest absolute Gasteiger partial charge is 0.444 e. The van der Waals surface area contributed by atoms with Gasteiger partial charge in [0.05, 0.1) is 6.42 Å². The fourth-order valence-corrected chi connectivity index (χ4v) is 3.30. The second-order valence-electron chi connectivity index (χ2n) is 9.99. The number of rotatable bonds is 8. The number of ether oxygens (including phenoxy) is 1. The van der Waals surface area contributed by atoms with Crippen molar-refractivity contribution in [3.05, 3.63) is 35.4 Å². The third-order valence-electron chi connectivity index (χ3n) is 4.56. The van der Waals surface area contributed by atoms with Crippen LogP contribution in [0.5, 0.6) is 0 Å². The molecule has 0 spiro atoms. The Balaban J connectivity index is 3.41. The Bertz CT molecular complexity index is 870. The summed E-state index contributed by atoms with van der Waals surface area (Å²) in [5.41, 5.74) is 5.48. The second-order valence-corrected chi connectivity index (χ2v) is 9.99. The smallest absolute Gasteiger partial charge is 0.408 e. The molecule has 2 unspecified atom stereocenters. The summed E-state index contributed by atoms with van der Waals surface area (Å²) >= 11 is 0. The number of amides is 4. The van der Waals surface area contributed by atoms with E-state index in [-0.39, 0.29) is 12.5 Å². The van der Waals surface area contributed by atoms with E-state index in [0.717, 1.165) is 5.56 Å². The van der Waals surface area contributed by atoms with Crippen LogP contribution < -0.4 is 16.4 Å². The van der Waals surface area contributed by atoms with Gasteiger partial charge in [0.15, 0.2) is 0 Å². The van der Waals surface area contributed by atoms with Crippen molar-refractivity contribution in [2.45, 2.75) is 85.0 Å². The van der Waals surface area contributed by atoms with E-state index < -0.39 is 47.6 Å². The maximum Gasteiger partial charge on any atom is 0.408 e. The molecular weight excluding hydrogens is 424 g/mol. The lowest BCUT2D eigenvalue weighted by atomic mass is 9.96. The third-order valence-corrected chi connectivity index (χ3v) is 4.56. The highest BCUT2D eigenvalue weighted by atomic mass is 16.6. The van der Waals surface area contributed by atoms with Gasteiger partial charge in [-0.1, -0.05) is 24.3 Å². The molecule has 0 aliphatic carbocycles. The van der Waals surface area contributed by atoms with Crippen molar-refractivity contribution >= 4 is 23.8 Å². The molecule has 184 valence electrons. The fourth-order valence-electron chi connectivity index (χ4n) is 3.30. The van der Waals surface area contributed by atoms with Crippen molar-refractivity contribution < 1.29 is 23.9 Å². The van der Waals surface area contributed by atoms with Crippen LogP contribution in [-0.4, -0.2) is 52.4 Å². The number of alkyl carbamates (subject to hydrolysis) is 1. The Morgan fingerprint density at radius 3 is 2.09 bits per heavy atom. The molecule has 0 radical (unpaired) electrons. The Morgan fingerprint density at radius 1 is 1.06 bits per heavy atom. The van der Waals surface area contributed by atoms with Crippen molar-refractivity contribution in [1.29, 1.82) is 0 Å². The number of hydrogen-bond acceptors (Lipinski definition) is 5. The molecule has 0 aliphatic rings. The molecule has 0 saturated heterocycles. The van der Waals surface area contributed by atoms with Crippen LogP contribution in [0.3, 0.4) is 0 Å². The van der Waals surface area contributed by atoms with Crippen molar-refractivity contribution in [2.75, 3.05) is 6.54 Å². The lowest BCUT2D eigenvalue weighted by Gasteiger charge is -2.35. The van der Waals surface area contributed by atoms with Crippen LogP contribution in [0.25, 0.3) is 0 Å². The van der Waals surface area contributed by atoms with E-state index in [1.54, 1.807) is 39.8 Å². The molecule has 9 nitrogen and oxygen atoms in total. The Kier molecular flexibility index (Phi) is 9.45. The molecular formula is C24H38N4O5. The predicted molar refractivity (Wildman–Crippen MR) is 126 cm³/mol. The molecule has 0 bridgehead atoms. The van der Waals surface area contributed by atoms with Crippen LogP contribution in [0, 0.1) is 6.92 Å². The quantitative estimate of drug-likeness (QED) is 0.546. The fraction of sp³-hybridized carbons (Fsp3) is 0.583. The maximum absolute atomic E-state index is 13.6. The van der Waals surface area contributed by atoms with Gasteiger partial charge in [0.1, 0.15) is 17.7 Å². The van der Waals surface area contributed by atoms with Crippen LogP contribution in [0.2, 0.25) is 0 Å². The van der Waals surface area contributed by atoms with Crippen LogP contribution in [0.15, 0.2) is 24.3 Å². The summed E-state index contributed by atoms with van der Waals surface area (Å²) in [4.78, 5) is 52.3. The van der Waals surface area contributed by atoms with Crippen molar-refractivity contribution in [2.24, 2.45) is 5.73 Å². The average Bonchev–Trinajstić information content (AvgIpc) is 2.62. The second kappa shape index (κ2) is 11.2. The van der Waals surface area contributed by atoms with E-state index in [1.165, 1.54) is 4.90 Å². The van der Waals surface area contributed by atoms with Gasteiger partial charge in [-0.3, -0.25) is 14.4 Å². The van der Waals surface area contributed by atoms with Crippen LogP contribution in [0.1, 0.15) is 72.1 Å². The molecule has 0 aliphatic heterocycles. The Labute approximate surface area is 196 Å². The number of likely N-dealkylation sites (N-methyl/N-ethyl adjacent to an activating group) is 1. The first-order valence-electron chi connectivity index (χ1n) is 11.0. The van der Waals surface area contributed by atoms with Crippen LogP contribution in [0.4, 0.5) is 4.79 Å². The Morgan fingerprint density at radius 2 is 1.64 bits per heavy atom. The van der Waals surface area contributed by atoms with Crippen molar-refractivity contribution in [3.8, 4) is 0 Å². The summed E-state index contributed by atoms with van der Waals surface area (Å²) in [7, 11) is 0. The maximum atomic E-state index is 13.6. The van der Waals surface area contributed by atoms with Gasteiger partial charge in [0.2, 0.25) is 17.7 Å². The zero-order valence-corrected chi connectivity index (χ0v) is 20.9. The first-order chi connectivity index (χ1) is 15.1. The van der Waals surface area contributed by atoms with Gasteiger partial charge in [0, 0.05) is 12.1 Å². The topological polar surface area (TPSA) is 131 Å². The summed E-state index contributed by atoms with van der Waals surface area (Å²) < 4.78 is 5.24. The summed E-state index contributed by atoms with van der Waals surface area (Å²) in [6.07, 6.45) is -1.29. The van der Waals surface area contributed by atoms with E-state index in [9.17, 15) is 19.2 Å². The molecule has 1 aromatic rings. The summed E-state index contributed by atoms with van der Waals surface area (Å²) in [5.74, 6) is -1.76. The number of nitrogens with two attached hydrogens (primary N) is 1. The summed E-state index contributed by atoms with van der Waals surface area (Å²) in [6, 6.07) is 5.01. The van der Waals surface area contributed by atoms with E-state index in [4.69, 9.17) is 10.5 Å². The molecule has 0 heterocycles. The van der Waals surface area contributed by atoms with Gasteiger partial charge < -0.3 is 26.0 Å². The zero-order valence-electron chi connectivity index (χ0n) is 20.9. The highest BCUT2D eigenvalue weighted by molar-refractivity contribution is 5.94. The molecule has 0 aromatic heterocycles. The molecule has 2 atom stereocenters. The number of hydrogen-bond donors (Lipinski definition) is 3. The van der Waals surface area contributed by atoms with Crippen molar-refractivity contribution in [3.63, 3.8) is 0 Å². The number of nitrogens with zero attached hydrogens (tertiary/aromatic N) is 1. The average molecular weight is 463 g/mol. The number of carbonyl (C=O) groups excluding carboxylic acids is 4. The zero-order chi connectivity index (χ0) is 25.6. The van der Waals surface area contributed by atoms with Gasteiger partial charge in [-0.25, -0.2) is 4.79 Å². The van der Waals surface area contributed by atoms with E-state index in [0.29, 0.717) is 5.56 Å². The van der Waals surface area contributed by atoms with Gasteiger partial charge >= 0.3 is 6.09 Å². The minimum Gasteiger partial charge on any atom is -0.444 e. The number of aryl methyl sites for hydroxylation is 1. The summed E-state index contributed by atoms with van der Waals surface area (Å²) in [6.45, 7) is 14.3. The standard InChI is InChI=1S/C24H38N4O5/c1-9-28(21(31)17(14-18(25)29)26-22(32)33-24(6,7)8)19(20(30)27-23(3,4)5)16-13-11-10-12-15(16)2/h10-13,17,19H,9,14H2,1-8H3,(H2,25,29)(H,26,32)(H,27,30). The molecule has 1 aromatic carbocycles. The van der Waals surface area contributed by atoms with Crippen molar-refractivity contribution in [1.82, 2.24) is 15.5 Å². The van der Waals surface area contributed by atoms with E-state index in [2.05, 4.69) is 10.6 Å². The van der Waals surface area contributed by atoms with Crippen LogP contribution >= 0.6 is 0 Å². The highest BCUT2D eigenvalue weighted by Crippen LogP contribution is 2.26. The number of carbonyl (C=O) groups is 4. The minimum absolute atomic E-state index is 0.153. The van der Waals surface area contributed by atoms with Crippen LogP contribution in [-0.2, 0) is 19.1 Å². The highest BCUT2D eigenvalue weighted by Gasteiger charge is 2.37. The number of nitrogens with one attached hydrogen (secondary N) is 2. The number of primary amides is 1. The predicted octanol–water partition coefficient (Wildman–Crippen LogP) is 2.57. The number of benzene rings is 1. The van der Waals surface area contributed by atoms with Gasteiger partial charge in [0.25, 0.3) is 0 Å². The monoisotopic (exact) mass is 462 g/mol. The molecule has 4 amide bonds.